The first-order chi connectivity index (χ1) is 16.9. The molecule has 7 nitrogen and oxygen atoms in total. The summed E-state index contributed by atoms with van der Waals surface area (Å²) in [5, 5.41) is 6.50. The van der Waals surface area contributed by atoms with Crippen LogP contribution >= 0.6 is 0 Å². The van der Waals surface area contributed by atoms with Gasteiger partial charge in [0.2, 0.25) is 0 Å². The number of rotatable bonds is 7. The van der Waals surface area contributed by atoms with E-state index in [9.17, 15) is 9.59 Å². The molecule has 2 aromatic rings. The maximum Gasteiger partial charge on any atom is 0.310 e. The van der Waals surface area contributed by atoms with Crippen molar-refractivity contribution in [1.29, 1.82) is 0 Å². The van der Waals surface area contributed by atoms with E-state index in [0.29, 0.717) is 19.6 Å². The molecule has 0 unspecified atom stereocenters. The van der Waals surface area contributed by atoms with Crippen molar-refractivity contribution in [3.63, 3.8) is 0 Å². The summed E-state index contributed by atoms with van der Waals surface area (Å²) in [5.41, 5.74) is 5.23. The van der Waals surface area contributed by atoms with Crippen LogP contribution in [-0.2, 0) is 14.3 Å². The van der Waals surface area contributed by atoms with E-state index in [1.807, 2.05) is 31.2 Å². The van der Waals surface area contributed by atoms with Gasteiger partial charge in [0, 0.05) is 18.5 Å². The third-order valence-electron chi connectivity index (χ3n) is 6.85. The first-order valence-corrected chi connectivity index (χ1v) is 12.4. The van der Waals surface area contributed by atoms with Crippen LogP contribution in [0.3, 0.4) is 0 Å². The quantitative estimate of drug-likeness (QED) is 0.557. The fourth-order valence-electron chi connectivity index (χ4n) is 4.99. The number of hydrogen-bond acceptors (Lipinski definition) is 6. The van der Waals surface area contributed by atoms with Crippen LogP contribution in [0.25, 0.3) is 0 Å². The lowest BCUT2D eigenvalue weighted by molar-refractivity contribution is -0.150. The Morgan fingerprint density at radius 3 is 2.74 bits per heavy atom. The van der Waals surface area contributed by atoms with Crippen LogP contribution in [0.1, 0.15) is 54.5 Å². The van der Waals surface area contributed by atoms with Gasteiger partial charge in [0.15, 0.2) is 0 Å². The monoisotopic (exact) mass is 477 g/mol. The maximum absolute atomic E-state index is 13.6. The molecule has 2 aromatic carbocycles. The summed E-state index contributed by atoms with van der Waals surface area (Å²) >= 11 is 0. The molecule has 0 aromatic heterocycles. The smallest absolute Gasteiger partial charge is 0.310 e. The van der Waals surface area contributed by atoms with Crippen LogP contribution in [0.15, 0.2) is 47.6 Å². The molecular formula is C28H35N3O4. The van der Waals surface area contributed by atoms with E-state index in [1.54, 1.807) is 12.1 Å². The zero-order valence-electron chi connectivity index (χ0n) is 21.1. The summed E-state index contributed by atoms with van der Waals surface area (Å²) in [5.74, 6) is 0.355. The van der Waals surface area contributed by atoms with Gasteiger partial charge in [-0.15, -0.1) is 0 Å². The minimum Gasteiger partial charge on any atom is -0.497 e. The number of methoxy groups -OCH3 is 1. The molecule has 1 saturated heterocycles. The van der Waals surface area contributed by atoms with Crippen LogP contribution in [0.2, 0.25) is 0 Å². The molecule has 0 bridgehead atoms. The van der Waals surface area contributed by atoms with E-state index >= 15 is 0 Å². The normalized spacial score (nSPS) is 20.5. The highest BCUT2D eigenvalue weighted by molar-refractivity contribution is 6.03. The summed E-state index contributed by atoms with van der Waals surface area (Å²) in [6, 6.07) is 14.0. The molecule has 0 saturated carbocycles. The molecule has 0 spiro atoms. The number of carbonyl (C=O) groups is 2. The molecule has 0 N–H and O–H groups in total. The molecular weight excluding hydrogens is 442 g/mol. The van der Waals surface area contributed by atoms with Gasteiger partial charge in [-0.2, -0.15) is 5.10 Å². The van der Waals surface area contributed by atoms with E-state index in [1.165, 1.54) is 0 Å². The minimum absolute atomic E-state index is 0.0571. The number of carbonyl (C=O) groups excluding carboxylic acids is 2. The van der Waals surface area contributed by atoms with Gasteiger partial charge in [-0.1, -0.05) is 35.9 Å². The first-order valence-electron chi connectivity index (χ1n) is 12.4. The van der Waals surface area contributed by atoms with Crippen molar-refractivity contribution in [3.8, 4) is 5.75 Å². The number of amides is 1. The molecule has 2 aliphatic heterocycles. The summed E-state index contributed by atoms with van der Waals surface area (Å²) in [7, 11) is 1.65. The second-order valence-electron chi connectivity index (χ2n) is 9.42. The van der Waals surface area contributed by atoms with Gasteiger partial charge in [-0.3, -0.25) is 14.5 Å². The van der Waals surface area contributed by atoms with Crippen molar-refractivity contribution in [2.45, 2.75) is 46.1 Å². The number of piperidine rings is 1. The molecule has 186 valence electrons. The van der Waals surface area contributed by atoms with E-state index in [0.717, 1.165) is 53.1 Å². The van der Waals surface area contributed by atoms with E-state index in [4.69, 9.17) is 14.6 Å². The Morgan fingerprint density at radius 1 is 1.14 bits per heavy atom. The molecule has 2 aliphatic rings. The van der Waals surface area contributed by atoms with Crippen LogP contribution in [0, 0.1) is 19.8 Å². The zero-order chi connectivity index (χ0) is 24.9. The summed E-state index contributed by atoms with van der Waals surface area (Å²) in [6.07, 6.45) is 2.31. The second kappa shape index (κ2) is 11.0. The van der Waals surface area contributed by atoms with E-state index < -0.39 is 0 Å². The number of likely N-dealkylation sites (tertiary alicyclic amines) is 1. The fourth-order valence-corrected chi connectivity index (χ4v) is 4.99. The summed E-state index contributed by atoms with van der Waals surface area (Å²) in [4.78, 5) is 28.0. The molecule has 7 heteroatoms. The number of hydrogen-bond donors (Lipinski definition) is 0. The molecule has 0 aliphatic carbocycles. The highest BCUT2D eigenvalue weighted by Crippen LogP contribution is 2.35. The highest BCUT2D eigenvalue weighted by Gasteiger charge is 2.36. The number of ether oxygens (including phenoxy) is 2. The molecule has 2 atom stereocenters. The van der Waals surface area contributed by atoms with Gasteiger partial charge in [0.1, 0.15) is 5.75 Å². The van der Waals surface area contributed by atoms with Crippen molar-refractivity contribution in [2.75, 3.05) is 33.4 Å². The van der Waals surface area contributed by atoms with Crippen LogP contribution in [0.4, 0.5) is 0 Å². The zero-order valence-corrected chi connectivity index (χ0v) is 21.1. The van der Waals surface area contributed by atoms with Crippen molar-refractivity contribution in [3.05, 3.63) is 64.7 Å². The number of esters is 1. The Morgan fingerprint density at radius 2 is 1.97 bits per heavy atom. The Hall–Kier alpha value is -3.19. The van der Waals surface area contributed by atoms with Gasteiger partial charge < -0.3 is 9.47 Å². The van der Waals surface area contributed by atoms with E-state index in [2.05, 4.69) is 36.9 Å². The number of nitrogens with zero attached hydrogens (tertiary/aromatic N) is 3. The van der Waals surface area contributed by atoms with E-state index in [-0.39, 0.29) is 30.4 Å². The van der Waals surface area contributed by atoms with Gasteiger partial charge >= 0.3 is 5.97 Å². The lowest BCUT2D eigenvalue weighted by atomic mass is 9.93. The van der Waals surface area contributed by atoms with Crippen LogP contribution in [-0.4, -0.2) is 60.8 Å². The average molecular weight is 478 g/mol. The van der Waals surface area contributed by atoms with Crippen molar-refractivity contribution < 1.29 is 19.1 Å². The molecule has 2 heterocycles. The van der Waals surface area contributed by atoms with Crippen LogP contribution in [0.5, 0.6) is 5.75 Å². The first kappa shape index (κ1) is 24.9. The molecule has 4 rings (SSSR count). The minimum atomic E-state index is -0.180. The average Bonchev–Trinajstić information content (AvgIpc) is 3.31. The SMILES string of the molecule is CCOC(=O)[C@H]1CCCN(CC(=O)N2N=C(c3cccc(OC)c3)C[C@@H]2c2cc(C)ccc2C)C1. The topological polar surface area (TPSA) is 71.4 Å². The summed E-state index contributed by atoms with van der Waals surface area (Å²) in [6.45, 7) is 7.90. The third-order valence-corrected chi connectivity index (χ3v) is 6.85. The third kappa shape index (κ3) is 5.73. The van der Waals surface area contributed by atoms with Gasteiger partial charge in [0.05, 0.1) is 37.9 Å². The van der Waals surface area contributed by atoms with Gasteiger partial charge in [-0.05, 0) is 63.4 Å². The lowest BCUT2D eigenvalue weighted by Crippen LogP contribution is -2.44. The van der Waals surface area contributed by atoms with Crippen LogP contribution < -0.4 is 4.74 Å². The van der Waals surface area contributed by atoms with Gasteiger partial charge in [0.25, 0.3) is 5.91 Å². The van der Waals surface area contributed by atoms with Gasteiger partial charge in [-0.25, -0.2) is 5.01 Å². The second-order valence-corrected chi connectivity index (χ2v) is 9.42. The maximum atomic E-state index is 13.6. The molecule has 35 heavy (non-hydrogen) atoms. The van der Waals surface area contributed by atoms with Crippen molar-refractivity contribution in [2.24, 2.45) is 11.0 Å². The standard InChI is InChI=1S/C28H35N3O4/c1-5-35-28(33)22-9-7-13-30(17-22)18-27(32)31-26(24-14-19(2)11-12-20(24)3)16-25(29-31)21-8-6-10-23(15-21)34-4/h6,8,10-12,14-15,22,26H,5,7,9,13,16-18H2,1-4H3/t22-,26+/m0/s1. The summed E-state index contributed by atoms with van der Waals surface area (Å²) < 4.78 is 10.6. The Balaban J connectivity index is 1.59. The largest absolute Gasteiger partial charge is 0.497 e. The predicted molar refractivity (Wildman–Crippen MR) is 135 cm³/mol. The number of aryl methyl sites for hydroxylation is 2. The molecule has 1 amide bonds. The van der Waals surface area contributed by atoms with Crippen molar-refractivity contribution in [1.82, 2.24) is 9.91 Å². The van der Waals surface area contributed by atoms with Crippen molar-refractivity contribution >= 4 is 17.6 Å². The molecule has 0 radical (unpaired) electrons. The Kier molecular flexibility index (Phi) is 7.86. The molecule has 1 fully saturated rings. The lowest BCUT2D eigenvalue weighted by Gasteiger charge is -2.32. The Bertz CT molecular complexity index is 1110. The fraction of sp³-hybridized carbons (Fsp3) is 0.464. The predicted octanol–water partition coefficient (Wildman–Crippen LogP) is 4.26. The number of hydrazone groups is 1. The Labute approximate surface area is 207 Å². The number of benzene rings is 2. The highest BCUT2D eigenvalue weighted by atomic mass is 16.5.